The molecular weight excluding hydrogens is 356 g/mol. The van der Waals surface area contributed by atoms with Crippen molar-refractivity contribution in [1.82, 2.24) is 29.2 Å². The van der Waals surface area contributed by atoms with Crippen LogP contribution < -0.4 is 0 Å². The first kappa shape index (κ1) is 18.4. The van der Waals surface area contributed by atoms with Gasteiger partial charge >= 0.3 is 0 Å². The molecule has 0 saturated carbocycles. The maximum absolute atomic E-state index is 12.8. The zero-order valence-corrected chi connectivity index (χ0v) is 15.9. The normalized spacial score (nSPS) is 15.1. The highest BCUT2D eigenvalue weighted by atomic mass is 16.3. The smallest absolute Gasteiger partial charge is 0.253 e. The Labute approximate surface area is 163 Å². The lowest BCUT2D eigenvalue weighted by molar-refractivity contribution is 0.0689. The Morgan fingerprint density at radius 2 is 1.86 bits per heavy atom. The highest BCUT2D eigenvalue weighted by Crippen LogP contribution is 2.23. The molecule has 28 heavy (non-hydrogen) atoms. The third kappa shape index (κ3) is 3.68. The van der Waals surface area contributed by atoms with Crippen LogP contribution in [0.5, 0.6) is 0 Å². The van der Waals surface area contributed by atoms with Crippen molar-refractivity contribution in [3.63, 3.8) is 0 Å². The van der Waals surface area contributed by atoms with Gasteiger partial charge < -0.3 is 19.1 Å². The molecule has 4 rings (SSSR count). The van der Waals surface area contributed by atoms with Gasteiger partial charge in [-0.2, -0.15) is 0 Å². The van der Waals surface area contributed by atoms with Gasteiger partial charge in [0.2, 0.25) is 0 Å². The number of rotatable bonds is 5. The van der Waals surface area contributed by atoms with Crippen LogP contribution in [0.1, 0.15) is 34.8 Å². The van der Waals surface area contributed by atoms with Gasteiger partial charge in [0, 0.05) is 50.2 Å². The summed E-state index contributed by atoms with van der Waals surface area (Å²) in [6, 6.07) is 7.63. The van der Waals surface area contributed by atoms with Crippen molar-refractivity contribution < 1.29 is 9.90 Å². The Kier molecular flexibility index (Phi) is 5.21. The van der Waals surface area contributed by atoms with E-state index >= 15 is 0 Å². The summed E-state index contributed by atoms with van der Waals surface area (Å²) in [7, 11) is 1.88. The molecule has 0 bridgehead atoms. The van der Waals surface area contributed by atoms with Crippen LogP contribution in [-0.2, 0) is 20.1 Å². The van der Waals surface area contributed by atoms with Crippen LogP contribution in [0.2, 0.25) is 0 Å². The Morgan fingerprint density at radius 1 is 1.14 bits per heavy atom. The van der Waals surface area contributed by atoms with E-state index in [1.807, 2.05) is 51.5 Å². The number of likely N-dealkylation sites (tertiary alicyclic amines) is 1. The second-order valence-electron chi connectivity index (χ2n) is 7.21. The lowest BCUT2D eigenvalue weighted by Gasteiger charge is -2.32. The molecular formula is C20H24N6O2. The van der Waals surface area contributed by atoms with Crippen molar-refractivity contribution in [2.75, 3.05) is 13.1 Å². The molecule has 1 aliphatic heterocycles. The molecule has 0 atom stereocenters. The van der Waals surface area contributed by atoms with E-state index in [9.17, 15) is 9.90 Å². The molecule has 8 heteroatoms. The molecule has 1 aromatic carbocycles. The summed E-state index contributed by atoms with van der Waals surface area (Å²) in [6.45, 7) is 1.39. The number of nitrogens with zero attached hydrogens (tertiary/aromatic N) is 6. The SMILES string of the molecule is Cn1c(CO)nnc1CC1CCN(C(=O)c2ccc(-n3ccnc3)cc2)CC1. The van der Waals surface area contributed by atoms with Gasteiger partial charge in [0.15, 0.2) is 5.82 Å². The number of aliphatic hydroxyl groups excluding tert-OH is 1. The largest absolute Gasteiger partial charge is 0.388 e. The minimum atomic E-state index is -0.101. The topological polar surface area (TPSA) is 89.1 Å². The van der Waals surface area contributed by atoms with Crippen LogP contribution in [0.15, 0.2) is 43.0 Å². The predicted molar refractivity (Wildman–Crippen MR) is 103 cm³/mol. The molecule has 0 spiro atoms. The maximum Gasteiger partial charge on any atom is 0.253 e. The van der Waals surface area contributed by atoms with E-state index in [1.54, 1.807) is 12.5 Å². The summed E-state index contributed by atoms with van der Waals surface area (Å²) in [5, 5.41) is 17.4. The zero-order chi connectivity index (χ0) is 19.5. The Bertz CT molecular complexity index is 924. The van der Waals surface area contributed by atoms with E-state index in [4.69, 9.17) is 0 Å². The number of carbonyl (C=O) groups excluding carboxylic acids is 1. The molecule has 1 aliphatic rings. The standard InChI is InChI=1S/C20H24N6O2/c1-24-18(22-23-19(24)13-27)12-15-6-9-25(10-7-15)20(28)16-2-4-17(5-3-16)26-11-8-21-14-26/h2-5,8,11,14-15,27H,6-7,9-10,12-13H2,1H3. The molecule has 3 heterocycles. The first-order valence-electron chi connectivity index (χ1n) is 9.51. The van der Waals surface area contributed by atoms with Crippen LogP contribution in [0.3, 0.4) is 0 Å². The minimum Gasteiger partial charge on any atom is -0.388 e. The fourth-order valence-electron chi connectivity index (χ4n) is 3.68. The van der Waals surface area contributed by atoms with Crippen LogP contribution >= 0.6 is 0 Å². The van der Waals surface area contributed by atoms with Gasteiger partial charge in [-0.05, 0) is 43.0 Å². The van der Waals surface area contributed by atoms with Gasteiger partial charge in [-0.3, -0.25) is 4.79 Å². The van der Waals surface area contributed by atoms with E-state index in [1.165, 1.54) is 0 Å². The minimum absolute atomic E-state index is 0.0804. The first-order chi connectivity index (χ1) is 13.7. The van der Waals surface area contributed by atoms with Crippen molar-refractivity contribution in [2.45, 2.75) is 25.9 Å². The Morgan fingerprint density at radius 3 is 2.46 bits per heavy atom. The van der Waals surface area contributed by atoms with E-state index in [2.05, 4.69) is 15.2 Å². The summed E-state index contributed by atoms with van der Waals surface area (Å²) in [5.41, 5.74) is 1.70. The summed E-state index contributed by atoms with van der Waals surface area (Å²) in [5.74, 6) is 2.03. The molecule has 1 fully saturated rings. The summed E-state index contributed by atoms with van der Waals surface area (Å²) in [6.07, 6.45) is 8.06. The van der Waals surface area contributed by atoms with Gasteiger partial charge in [-0.1, -0.05) is 0 Å². The van der Waals surface area contributed by atoms with Gasteiger partial charge in [-0.25, -0.2) is 4.98 Å². The van der Waals surface area contributed by atoms with Crippen molar-refractivity contribution in [1.29, 1.82) is 0 Å². The number of hydrogen-bond acceptors (Lipinski definition) is 5. The molecule has 0 radical (unpaired) electrons. The number of aromatic nitrogens is 5. The van der Waals surface area contributed by atoms with Crippen molar-refractivity contribution >= 4 is 5.91 Å². The van der Waals surface area contributed by atoms with Gasteiger partial charge in [0.05, 0.1) is 6.33 Å². The highest BCUT2D eigenvalue weighted by Gasteiger charge is 2.25. The molecule has 0 unspecified atom stereocenters. The Balaban J connectivity index is 1.34. The summed E-state index contributed by atoms with van der Waals surface area (Å²) in [4.78, 5) is 18.8. The quantitative estimate of drug-likeness (QED) is 0.726. The first-order valence-corrected chi connectivity index (χ1v) is 9.51. The molecule has 3 aromatic rings. The zero-order valence-electron chi connectivity index (χ0n) is 15.9. The van der Waals surface area contributed by atoms with Crippen molar-refractivity contribution in [3.05, 3.63) is 60.2 Å². The number of benzene rings is 1. The van der Waals surface area contributed by atoms with Gasteiger partial charge in [0.1, 0.15) is 12.4 Å². The predicted octanol–water partition coefficient (Wildman–Crippen LogP) is 1.59. The van der Waals surface area contributed by atoms with Gasteiger partial charge in [0.25, 0.3) is 5.91 Å². The maximum atomic E-state index is 12.8. The number of carbonyl (C=O) groups is 1. The van der Waals surface area contributed by atoms with Crippen molar-refractivity contribution in [3.8, 4) is 5.69 Å². The second kappa shape index (κ2) is 7.93. The van der Waals surface area contributed by atoms with Crippen LogP contribution in [0.4, 0.5) is 0 Å². The lowest BCUT2D eigenvalue weighted by atomic mass is 9.93. The fourth-order valence-corrected chi connectivity index (χ4v) is 3.68. The van der Waals surface area contributed by atoms with E-state index < -0.39 is 0 Å². The van der Waals surface area contributed by atoms with E-state index in [-0.39, 0.29) is 12.5 Å². The van der Waals surface area contributed by atoms with Crippen LogP contribution in [0, 0.1) is 5.92 Å². The average Bonchev–Trinajstić information content (AvgIpc) is 3.39. The molecule has 146 valence electrons. The number of amides is 1. The summed E-state index contributed by atoms with van der Waals surface area (Å²) >= 11 is 0. The Hall–Kier alpha value is -3.00. The highest BCUT2D eigenvalue weighted by molar-refractivity contribution is 5.94. The second-order valence-corrected chi connectivity index (χ2v) is 7.21. The number of piperidine rings is 1. The number of aliphatic hydroxyl groups is 1. The molecule has 1 amide bonds. The number of hydrogen-bond donors (Lipinski definition) is 1. The average molecular weight is 380 g/mol. The van der Waals surface area contributed by atoms with Crippen LogP contribution in [-0.4, -0.2) is 53.3 Å². The number of imidazole rings is 1. The molecule has 2 aromatic heterocycles. The third-order valence-electron chi connectivity index (χ3n) is 5.49. The van der Waals surface area contributed by atoms with E-state index in [0.29, 0.717) is 17.3 Å². The molecule has 1 N–H and O–H groups in total. The van der Waals surface area contributed by atoms with Crippen LogP contribution in [0.25, 0.3) is 5.69 Å². The molecule has 8 nitrogen and oxygen atoms in total. The molecule has 1 saturated heterocycles. The monoisotopic (exact) mass is 380 g/mol. The lowest BCUT2D eigenvalue weighted by Crippen LogP contribution is -2.39. The summed E-state index contributed by atoms with van der Waals surface area (Å²) < 4.78 is 3.77. The van der Waals surface area contributed by atoms with Gasteiger partial charge in [-0.15, -0.1) is 10.2 Å². The van der Waals surface area contributed by atoms with E-state index in [0.717, 1.165) is 43.9 Å². The molecule has 0 aliphatic carbocycles. The fraction of sp³-hybridized carbons (Fsp3) is 0.400. The van der Waals surface area contributed by atoms with Crippen molar-refractivity contribution in [2.24, 2.45) is 13.0 Å². The third-order valence-corrected chi connectivity index (χ3v) is 5.49.